The largest absolute Gasteiger partial charge is 0.481 e. The van der Waals surface area contributed by atoms with Gasteiger partial charge in [0.15, 0.2) is 29.1 Å². The molecule has 0 spiro atoms. The number of anilines is 5. The van der Waals surface area contributed by atoms with E-state index in [9.17, 15) is 13.2 Å². The van der Waals surface area contributed by atoms with Gasteiger partial charge in [0, 0.05) is 92.1 Å². The molecule has 0 bridgehead atoms. The zero-order valence-corrected chi connectivity index (χ0v) is 75.0. The van der Waals surface area contributed by atoms with Crippen molar-refractivity contribution in [2.75, 3.05) is 64.1 Å². The molecule has 3 aromatic carbocycles. The lowest BCUT2D eigenvalue weighted by Gasteiger charge is -2.10. The number of methoxy groups -OCH3 is 3. The van der Waals surface area contributed by atoms with E-state index in [4.69, 9.17) is 77.8 Å². The summed E-state index contributed by atoms with van der Waals surface area (Å²) in [7, 11) is 4.63. The Hall–Kier alpha value is -16.2. The van der Waals surface area contributed by atoms with Crippen LogP contribution in [0.2, 0.25) is 10.6 Å². The minimum absolute atomic E-state index is 0.0792. The molecule has 0 aliphatic heterocycles. The van der Waals surface area contributed by atoms with Crippen LogP contribution < -0.4 is 44.8 Å². The number of aryl methyl sites for hydroxylation is 1. The number of rotatable bonds is 27. The van der Waals surface area contributed by atoms with Crippen molar-refractivity contribution < 1.29 is 62.0 Å². The SMILES string of the molecule is COc1cccc(-c2nc(Nc3ccncc3F)c3cc(/C=C/CO)cn3n2)n1.COc1cccc(-c2nc(Nc3ccncc3F)c3cc(CCCO)cn3n2)n1.COc1cccc(-c2nc(Oc3ccccc3)c3cc(/C=C/CCO)cn3n2)n1.Clc1nc(Oc2ccccc2)c2cc(Br)cn2n1.Nc1ccncc1F.OCC/C=C/c1cc2c(Oc3ccccc3)nc(Cl)nn2c1. The molecular weight excluding hydrogens is 1850 g/mol. The van der Waals surface area contributed by atoms with Crippen LogP contribution in [0.5, 0.6) is 52.5 Å². The fourth-order valence-corrected chi connectivity index (χ4v) is 13.2. The second-order valence-corrected chi connectivity index (χ2v) is 29.8. The minimum Gasteiger partial charge on any atom is -0.481 e. The lowest BCUT2D eigenvalue weighted by molar-refractivity contribution is 0.288. The number of hydrogen-bond acceptors (Lipinski definition) is 29. The Kier molecular flexibility index (Phi) is 33.1. The van der Waals surface area contributed by atoms with Crippen LogP contribution in [0.3, 0.4) is 0 Å². The number of benzene rings is 3. The molecule has 0 atom stereocenters. The van der Waals surface area contributed by atoms with Crippen molar-refractivity contribution >= 4 is 114 Å². The average molecular weight is 1930 g/mol. The Bertz CT molecular complexity index is 7270. The van der Waals surface area contributed by atoms with Crippen LogP contribution in [-0.4, -0.2) is 171 Å². The summed E-state index contributed by atoms with van der Waals surface area (Å²) in [5.74, 6) is 5.14. The molecule has 34 nitrogen and oxygen atoms in total. The molecule has 0 radical (unpaired) electrons. The smallest absolute Gasteiger partial charge is 0.248 e. The first-order valence-corrected chi connectivity index (χ1v) is 42.7. The van der Waals surface area contributed by atoms with Crippen molar-refractivity contribution in [3.05, 3.63) is 335 Å². The van der Waals surface area contributed by atoms with Gasteiger partial charge in [-0.05, 0) is 190 Å². The Morgan fingerprint density at radius 2 is 0.785 bits per heavy atom. The molecule has 16 aromatic heterocycles. The Balaban J connectivity index is 0.000000133. The topological polar surface area (TPSA) is 415 Å². The highest BCUT2D eigenvalue weighted by Crippen LogP contribution is 2.35. The molecule has 16 heterocycles. The van der Waals surface area contributed by atoms with E-state index in [1.165, 1.54) is 51.0 Å². The van der Waals surface area contributed by atoms with E-state index in [-0.39, 0.29) is 54.1 Å². The molecule has 0 amide bonds. The van der Waals surface area contributed by atoms with Crippen molar-refractivity contribution in [3.63, 3.8) is 0 Å². The van der Waals surface area contributed by atoms with Gasteiger partial charge in [-0.15, -0.1) is 25.5 Å². The number of nitrogens with one attached hydrogen (secondary N) is 2. The lowest BCUT2D eigenvalue weighted by Crippen LogP contribution is -2.05. The van der Waals surface area contributed by atoms with Crippen molar-refractivity contribution in [1.29, 1.82) is 0 Å². The number of hydrogen-bond donors (Lipinski definition) is 7. The van der Waals surface area contributed by atoms with Crippen molar-refractivity contribution in [2.45, 2.75) is 25.7 Å². The maximum Gasteiger partial charge on any atom is 0.248 e. The molecule has 40 heteroatoms. The number of aromatic nitrogens is 21. The number of fused-ring (bicyclic) bond motifs is 5. The number of nitrogen functional groups attached to an aromatic ring is 1. The highest BCUT2D eigenvalue weighted by atomic mass is 79.9. The number of aliphatic hydroxyl groups excluding tert-OH is 4. The maximum atomic E-state index is 14.1. The number of ether oxygens (including phenoxy) is 6. The van der Waals surface area contributed by atoms with Crippen molar-refractivity contribution in [2.24, 2.45) is 0 Å². The molecule has 0 aliphatic carbocycles. The summed E-state index contributed by atoms with van der Waals surface area (Å²) in [6.07, 6.45) is 30.4. The van der Waals surface area contributed by atoms with Gasteiger partial charge >= 0.3 is 0 Å². The number of para-hydroxylation sites is 3. The zero-order valence-electron chi connectivity index (χ0n) is 71.9. The molecule has 19 rings (SSSR count). The van der Waals surface area contributed by atoms with Crippen LogP contribution in [0.25, 0.3) is 80.4 Å². The van der Waals surface area contributed by atoms with Crippen molar-refractivity contribution in [3.8, 4) is 87.1 Å². The van der Waals surface area contributed by atoms with Gasteiger partial charge in [0.1, 0.15) is 61.9 Å². The molecule has 0 saturated carbocycles. The third-order valence-electron chi connectivity index (χ3n) is 18.7. The Labute approximate surface area is 786 Å². The number of nitrogens with two attached hydrogens (primary N) is 1. The molecule has 8 N–H and O–H groups in total. The molecule has 135 heavy (non-hydrogen) atoms. The summed E-state index contributed by atoms with van der Waals surface area (Å²) in [4.78, 5) is 46.2. The fourth-order valence-electron chi connectivity index (χ4n) is 12.5. The van der Waals surface area contributed by atoms with Gasteiger partial charge in [-0.1, -0.05) is 109 Å². The first-order chi connectivity index (χ1) is 65.9. The van der Waals surface area contributed by atoms with Gasteiger partial charge in [-0.2, -0.15) is 15.0 Å². The second kappa shape index (κ2) is 47.0. The van der Waals surface area contributed by atoms with Gasteiger partial charge in [-0.3, -0.25) is 15.0 Å². The summed E-state index contributed by atoms with van der Waals surface area (Å²) < 4.78 is 82.7. The molecule has 0 fully saturated rings. The second-order valence-electron chi connectivity index (χ2n) is 28.2. The fraction of sp³-hybridized carbons (Fsp3) is 0.116. The van der Waals surface area contributed by atoms with E-state index in [1.54, 1.807) is 96.7 Å². The van der Waals surface area contributed by atoms with Gasteiger partial charge < -0.3 is 65.2 Å². The monoisotopic (exact) mass is 1920 g/mol. The molecule has 684 valence electrons. The normalized spacial score (nSPS) is 11.0. The van der Waals surface area contributed by atoms with E-state index in [0.29, 0.717) is 135 Å². The van der Waals surface area contributed by atoms with E-state index in [2.05, 4.69) is 107 Å². The zero-order chi connectivity index (χ0) is 94.4. The molecule has 0 saturated heterocycles. The first kappa shape index (κ1) is 94.9. The predicted octanol–water partition coefficient (Wildman–Crippen LogP) is 18.4. The highest BCUT2D eigenvalue weighted by molar-refractivity contribution is 9.10. The number of aliphatic hydroxyl groups is 4. The first-order valence-electron chi connectivity index (χ1n) is 41.1. The summed E-state index contributed by atoms with van der Waals surface area (Å²) in [6, 6.07) is 58.2. The quantitative estimate of drug-likeness (QED) is 0.0251. The lowest BCUT2D eigenvalue weighted by atomic mass is 10.2. The Morgan fingerprint density at radius 3 is 1.20 bits per heavy atom. The summed E-state index contributed by atoms with van der Waals surface area (Å²) in [5.41, 5.74) is 14.5. The van der Waals surface area contributed by atoms with Crippen molar-refractivity contribution in [1.82, 2.24) is 103 Å². The number of nitrogens with zero attached hydrogens (tertiary/aromatic N) is 21. The number of pyridine rings is 6. The van der Waals surface area contributed by atoms with Gasteiger partial charge in [-0.25, -0.2) is 60.7 Å². The van der Waals surface area contributed by atoms with Crippen LogP contribution in [0, 0.1) is 17.5 Å². The van der Waals surface area contributed by atoms with E-state index in [1.807, 2.05) is 176 Å². The van der Waals surface area contributed by atoms with Crippen LogP contribution in [0.4, 0.5) is 41.9 Å². The van der Waals surface area contributed by atoms with Gasteiger partial charge in [0.2, 0.25) is 63.3 Å². The van der Waals surface area contributed by atoms with Gasteiger partial charge in [0.25, 0.3) is 0 Å². The third-order valence-corrected chi connectivity index (χ3v) is 19.5. The Morgan fingerprint density at radius 1 is 0.400 bits per heavy atom. The minimum atomic E-state index is -0.503. The maximum absolute atomic E-state index is 14.1. The molecule has 0 aliphatic rings. The summed E-state index contributed by atoms with van der Waals surface area (Å²) in [6.45, 7) is 0.254. The van der Waals surface area contributed by atoms with Crippen LogP contribution in [0.1, 0.15) is 41.5 Å². The summed E-state index contributed by atoms with van der Waals surface area (Å²) in [5, 5.41) is 64.1. The van der Waals surface area contributed by atoms with Crippen LogP contribution in [-0.2, 0) is 6.42 Å². The van der Waals surface area contributed by atoms with Crippen LogP contribution in [0.15, 0.2) is 285 Å². The van der Waals surface area contributed by atoms with E-state index >= 15 is 0 Å². The molecule has 0 unspecified atom stereocenters. The van der Waals surface area contributed by atoms with E-state index < -0.39 is 17.5 Å². The van der Waals surface area contributed by atoms with Crippen LogP contribution >= 0.6 is 39.1 Å². The predicted molar refractivity (Wildman–Crippen MR) is 508 cm³/mol. The van der Waals surface area contributed by atoms with Gasteiger partial charge in [0.05, 0.1) is 63.6 Å². The van der Waals surface area contributed by atoms with E-state index in [0.717, 1.165) is 61.9 Å². The standard InChI is InChI=1S/C22H20N4O3.C20H19FN6O2.C20H17FN6O2.C16H14ClN3O2.C12H7BrClN3O.C5H5FN2/c1-28-20-12-7-11-18(23-20)21-24-22(29-17-9-3-2-4-10-17)19-14-16(8-5-6-13-27)15-26(19)25-21;2*1-29-18-6-2-5-16(23-18)19-25-20(24-15-7-8-22-11-14(15)21)17-10-13(4-3-9-28)12-27(17)26-19;17-16-18-15(22-13-7-2-1-3-8-13)14-10-12(6-4-5-9-21)11-20(14)19-16;13-8-6-10-11(15-12(14)16-17(10)7-8)18-9-4-2-1-3-5-9;6-4-3-8-2-1-5(4)7/h2-5,7-12,14-15,27H,6,13H2,1H3;2,5-8,10-12,28H,3-4,9H2,1H3,(H,22,24,25,26);2-8,10-12,28H,9H2,1H3,(H,22,24,25,26);1-4,6-8,10-11,21H,5,9H2;1-7H;1-3H,(H2,7,8)/b8-5+;;4-3+;6-4+;;. The highest BCUT2D eigenvalue weighted by Gasteiger charge is 2.21. The molecule has 19 aromatic rings. The third kappa shape index (κ3) is 25.9. The average Bonchev–Trinajstić information content (AvgIpc) is 1.69. The number of halogens is 6. The summed E-state index contributed by atoms with van der Waals surface area (Å²) >= 11 is 15.2. The molecular formula is C95H82BrCl2F3N24O10.